The Morgan fingerprint density at radius 3 is 2.71 bits per heavy atom. The van der Waals surface area contributed by atoms with E-state index in [0.29, 0.717) is 17.8 Å². The van der Waals surface area contributed by atoms with E-state index in [2.05, 4.69) is 17.4 Å². The van der Waals surface area contributed by atoms with Gasteiger partial charge in [-0.2, -0.15) is 0 Å². The molecule has 1 aromatic rings. The third kappa shape index (κ3) is 4.18. The molecule has 5 heteroatoms. The van der Waals surface area contributed by atoms with Gasteiger partial charge in [0.05, 0.1) is 4.58 Å². The van der Waals surface area contributed by atoms with Gasteiger partial charge in [0.15, 0.2) is 0 Å². The van der Waals surface area contributed by atoms with Gasteiger partial charge in [0.1, 0.15) is 0 Å². The summed E-state index contributed by atoms with van der Waals surface area (Å²) in [6, 6.07) is 8.33. The second-order valence-corrected chi connectivity index (χ2v) is 8.15. The highest BCUT2D eigenvalue weighted by Gasteiger charge is 2.22. The lowest BCUT2D eigenvalue weighted by molar-refractivity contribution is -0.122. The van der Waals surface area contributed by atoms with Crippen molar-refractivity contribution in [1.29, 1.82) is 0 Å². The van der Waals surface area contributed by atoms with Gasteiger partial charge in [-0.15, -0.1) is 23.5 Å². The Morgan fingerprint density at radius 1 is 1.19 bits per heavy atom. The fourth-order valence-corrected chi connectivity index (χ4v) is 5.52. The Bertz CT molecular complexity index is 483. The Balaban J connectivity index is 1.63. The topological polar surface area (TPSA) is 38.3 Å². The molecule has 0 bridgehead atoms. The molecule has 2 aliphatic heterocycles. The zero-order valence-electron chi connectivity index (χ0n) is 12.0. The monoisotopic (exact) mass is 323 g/mol. The molecule has 0 atom stereocenters. The molecule has 1 aromatic carbocycles. The fourth-order valence-electron chi connectivity index (χ4n) is 2.65. The van der Waals surface area contributed by atoms with E-state index in [1.165, 1.54) is 23.5 Å². The average Bonchev–Trinajstić information content (AvgIpc) is 2.57. The van der Waals surface area contributed by atoms with Crippen molar-refractivity contribution >= 4 is 35.1 Å². The number of benzene rings is 1. The number of anilines is 1. The smallest absolute Gasteiger partial charge is 0.227 e. The molecular formula is C16H21NO2S2. The third-order valence-corrected chi connectivity index (χ3v) is 6.86. The number of ether oxygens (including phenoxy) is 1. The van der Waals surface area contributed by atoms with Crippen LogP contribution in [0.1, 0.15) is 29.4 Å². The molecule has 1 amide bonds. The number of amides is 1. The summed E-state index contributed by atoms with van der Waals surface area (Å²) in [5.41, 5.74) is 2.24. The van der Waals surface area contributed by atoms with Gasteiger partial charge < -0.3 is 10.1 Å². The standard InChI is InChI=1S/C16H21NO2S2/c18-15(12-5-7-19-8-6-12)17-14-4-1-3-13(11-14)16-20-9-2-10-21-16/h1,3-4,11-12,16H,2,5-10H2,(H,17,18). The van der Waals surface area contributed by atoms with Gasteiger partial charge in [-0.25, -0.2) is 0 Å². The van der Waals surface area contributed by atoms with Crippen molar-refractivity contribution in [3.05, 3.63) is 29.8 Å². The first-order chi connectivity index (χ1) is 10.3. The van der Waals surface area contributed by atoms with Crippen LogP contribution in [-0.4, -0.2) is 30.6 Å². The third-order valence-electron chi connectivity index (χ3n) is 3.85. The second kappa shape index (κ2) is 7.56. The summed E-state index contributed by atoms with van der Waals surface area (Å²) in [5.74, 6) is 2.70. The Labute approximate surface area is 134 Å². The molecule has 0 saturated carbocycles. The Kier molecular flexibility index (Phi) is 5.49. The van der Waals surface area contributed by atoms with Crippen LogP contribution in [0.25, 0.3) is 0 Å². The number of hydrogen-bond acceptors (Lipinski definition) is 4. The van der Waals surface area contributed by atoms with E-state index in [9.17, 15) is 4.79 Å². The maximum Gasteiger partial charge on any atom is 0.227 e. The average molecular weight is 323 g/mol. The van der Waals surface area contributed by atoms with E-state index in [4.69, 9.17) is 4.74 Å². The van der Waals surface area contributed by atoms with Crippen LogP contribution in [-0.2, 0) is 9.53 Å². The van der Waals surface area contributed by atoms with Crippen LogP contribution in [0, 0.1) is 5.92 Å². The lowest BCUT2D eigenvalue weighted by Crippen LogP contribution is -2.28. The number of nitrogens with one attached hydrogen (secondary N) is 1. The van der Waals surface area contributed by atoms with E-state index >= 15 is 0 Å². The van der Waals surface area contributed by atoms with E-state index in [-0.39, 0.29) is 11.8 Å². The predicted octanol–water partition coefficient (Wildman–Crippen LogP) is 3.92. The molecule has 0 radical (unpaired) electrons. The highest BCUT2D eigenvalue weighted by Crippen LogP contribution is 2.44. The van der Waals surface area contributed by atoms with Crippen molar-refractivity contribution in [2.45, 2.75) is 23.8 Å². The molecule has 0 aromatic heterocycles. The van der Waals surface area contributed by atoms with E-state index in [1.807, 2.05) is 35.7 Å². The van der Waals surface area contributed by atoms with Gasteiger partial charge in [-0.05, 0) is 48.5 Å². The largest absolute Gasteiger partial charge is 0.381 e. The summed E-state index contributed by atoms with van der Waals surface area (Å²) >= 11 is 4.01. The molecule has 1 N–H and O–H groups in total. The zero-order chi connectivity index (χ0) is 14.5. The van der Waals surface area contributed by atoms with Crippen LogP contribution in [0.5, 0.6) is 0 Å². The maximum atomic E-state index is 12.3. The molecule has 2 fully saturated rings. The minimum absolute atomic E-state index is 0.0980. The Morgan fingerprint density at radius 2 is 1.95 bits per heavy atom. The molecule has 0 unspecified atom stereocenters. The summed E-state index contributed by atoms with van der Waals surface area (Å²) in [6.45, 7) is 1.40. The van der Waals surface area contributed by atoms with Gasteiger partial charge in [-0.3, -0.25) is 4.79 Å². The molecule has 0 spiro atoms. The highest BCUT2D eigenvalue weighted by molar-refractivity contribution is 8.16. The van der Waals surface area contributed by atoms with Crippen molar-refractivity contribution in [2.75, 3.05) is 30.0 Å². The normalized spacial score (nSPS) is 21.1. The summed E-state index contributed by atoms with van der Waals surface area (Å²) in [5, 5.41) is 3.08. The maximum absolute atomic E-state index is 12.3. The molecule has 0 aliphatic carbocycles. The van der Waals surface area contributed by atoms with Gasteiger partial charge in [0.25, 0.3) is 0 Å². The number of rotatable bonds is 3. The number of carbonyl (C=O) groups is 1. The molecule has 2 saturated heterocycles. The van der Waals surface area contributed by atoms with Crippen molar-refractivity contribution < 1.29 is 9.53 Å². The molecule has 114 valence electrons. The van der Waals surface area contributed by atoms with Crippen molar-refractivity contribution in [1.82, 2.24) is 0 Å². The van der Waals surface area contributed by atoms with Gasteiger partial charge in [-0.1, -0.05) is 12.1 Å². The van der Waals surface area contributed by atoms with E-state index < -0.39 is 0 Å². The van der Waals surface area contributed by atoms with Crippen LogP contribution in [0.15, 0.2) is 24.3 Å². The van der Waals surface area contributed by atoms with Crippen LogP contribution in [0.4, 0.5) is 5.69 Å². The lowest BCUT2D eigenvalue weighted by Gasteiger charge is -2.23. The van der Waals surface area contributed by atoms with Gasteiger partial charge in [0.2, 0.25) is 5.91 Å². The first kappa shape index (κ1) is 15.3. The fraction of sp³-hybridized carbons (Fsp3) is 0.562. The van der Waals surface area contributed by atoms with E-state index in [0.717, 1.165) is 18.5 Å². The molecular weight excluding hydrogens is 302 g/mol. The zero-order valence-corrected chi connectivity index (χ0v) is 13.7. The number of hydrogen-bond donors (Lipinski definition) is 1. The van der Waals surface area contributed by atoms with Crippen LogP contribution in [0.3, 0.4) is 0 Å². The summed E-state index contributed by atoms with van der Waals surface area (Å²) in [4.78, 5) is 12.3. The van der Waals surface area contributed by atoms with Gasteiger partial charge >= 0.3 is 0 Å². The molecule has 3 nitrogen and oxygen atoms in total. The van der Waals surface area contributed by atoms with Gasteiger partial charge in [0, 0.05) is 24.8 Å². The highest BCUT2D eigenvalue weighted by atomic mass is 32.2. The summed E-state index contributed by atoms with van der Waals surface area (Å²) in [7, 11) is 0. The molecule has 2 aliphatic rings. The first-order valence-corrected chi connectivity index (χ1v) is 9.64. The minimum atomic E-state index is 0.0980. The second-order valence-electron chi connectivity index (χ2n) is 5.43. The van der Waals surface area contributed by atoms with Crippen molar-refractivity contribution in [3.8, 4) is 0 Å². The van der Waals surface area contributed by atoms with E-state index in [1.54, 1.807) is 0 Å². The summed E-state index contributed by atoms with van der Waals surface area (Å²) < 4.78 is 5.83. The van der Waals surface area contributed by atoms with Crippen molar-refractivity contribution in [3.63, 3.8) is 0 Å². The molecule has 3 rings (SSSR count). The quantitative estimate of drug-likeness (QED) is 0.915. The van der Waals surface area contributed by atoms with Crippen molar-refractivity contribution in [2.24, 2.45) is 5.92 Å². The van der Waals surface area contributed by atoms with Crippen LogP contribution < -0.4 is 5.32 Å². The lowest BCUT2D eigenvalue weighted by atomic mass is 9.99. The summed E-state index contributed by atoms with van der Waals surface area (Å²) in [6.07, 6.45) is 2.96. The SMILES string of the molecule is O=C(Nc1cccc(C2SCCCS2)c1)C1CCOCC1. The molecule has 2 heterocycles. The van der Waals surface area contributed by atoms with Crippen LogP contribution >= 0.6 is 23.5 Å². The minimum Gasteiger partial charge on any atom is -0.381 e. The predicted molar refractivity (Wildman–Crippen MR) is 90.9 cm³/mol. The molecule has 21 heavy (non-hydrogen) atoms. The van der Waals surface area contributed by atoms with Crippen LogP contribution in [0.2, 0.25) is 0 Å². The number of carbonyl (C=O) groups excluding carboxylic acids is 1. The first-order valence-electron chi connectivity index (χ1n) is 7.55. The number of thioether (sulfide) groups is 2. The Hall–Kier alpha value is -0.650.